The van der Waals surface area contributed by atoms with Crippen molar-refractivity contribution in [3.8, 4) is 11.5 Å². The number of nitrogens with zero attached hydrogens (tertiary/aromatic N) is 2. The number of aromatic amines is 1. The first-order valence-electron chi connectivity index (χ1n) is 13.0. The number of hydrogen-bond donors (Lipinski definition) is 1. The fraction of sp³-hybridized carbons (Fsp3) is 0.188. The van der Waals surface area contributed by atoms with Gasteiger partial charge in [0, 0.05) is 27.7 Å². The van der Waals surface area contributed by atoms with Crippen molar-refractivity contribution in [3.05, 3.63) is 120 Å². The van der Waals surface area contributed by atoms with Gasteiger partial charge in [0.05, 0.1) is 30.5 Å². The van der Waals surface area contributed by atoms with Gasteiger partial charge >= 0.3 is 0 Å². The van der Waals surface area contributed by atoms with Crippen LogP contribution in [0.1, 0.15) is 40.4 Å². The number of thiazole rings is 1. The maximum atomic E-state index is 14.1. The van der Waals surface area contributed by atoms with E-state index >= 15 is 0 Å². The Morgan fingerprint density at radius 2 is 1.77 bits per heavy atom. The van der Waals surface area contributed by atoms with Crippen LogP contribution in [0.4, 0.5) is 0 Å². The number of H-pyrrole nitrogens is 1. The number of aromatic nitrogens is 2. The summed E-state index contributed by atoms with van der Waals surface area (Å²) in [4.78, 5) is 23.4. The minimum atomic E-state index is -0.233. The van der Waals surface area contributed by atoms with Gasteiger partial charge in [0.15, 0.2) is 4.80 Å². The molecule has 1 aliphatic carbocycles. The van der Waals surface area contributed by atoms with Crippen LogP contribution in [0.2, 0.25) is 0 Å². The third-order valence-corrected chi connectivity index (χ3v) is 8.80. The maximum absolute atomic E-state index is 14.1. The molecule has 0 radical (unpaired) electrons. The average molecular weight is 534 g/mol. The highest BCUT2D eigenvalue weighted by Crippen LogP contribution is 2.42. The second kappa shape index (κ2) is 9.13. The monoisotopic (exact) mass is 533 g/mol. The standard InChI is InChI=1S/C32H27N3O3S/c1-18-26(24-6-4-5-7-27(24)33-18)17-28-31(36)35-30(19-8-11-21(37-2)12-9-19)25-14-10-20-16-22(38-3)13-15-23(20)29(25)34-32(35)39-28/h4-9,11-13,15-17,30,33H,10,14H2,1-3H3/b28-17-. The molecule has 0 saturated heterocycles. The summed E-state index contributed by atoms with van der Waals surface area (Å²) >= 11 is 1.45. The number of nitrogens with one attached hydrogen (secondary N) is 1. The number of ether oxygens (including phenoxy) is 2. The van der Waals surface area contributed by atoms with Crippen molar-refractivity contribution in [2.45, 2.75) is 25.8 Å². The van der Waals surface area contributed by atoms with Crippen LogP contribution in [0.25, 0.3) is 22.7 Å². The number of benzene rings is 3. The third-order valence-electron chi connectivity index (χ3n) is 7.82. The molecule has 3 aromatic carbocycles. The Morgan fingerprint density at radius 1 is 1.00 bits per heavy atom. The van der Waals surface area contributed by atoms with Crippen LogP contribution in [0.3, 0.4) is 0 Å². The van der Waals surface area contributed by atoms with Gasteiger partial charge in [-0.2, -0.15) is 0 Å². The lowest BCUT2D eigenvalue weighted by molar-refractivity contribution is 0.414. The van der Waals surface area contributed by atoms with Crippen LogP contribution in [0, 0.1) is 6.92 Å². The molecule has 1 unspecified atom stereocenters. The van der Waals surface area contributed by atoms with Gasteiger partial charge in [-0.05, 0) is 78.9 Å². The second-order valence-corrected chi connectivity index (χ2v) is 11.0. The van der Waals surface area contributed by atoms with E-state index in [9.17, 15) is 4.79 Å². The first-order chi connectivity index (χ1) is 19.1. The number of allylic oxidation sites excluding steroid dienone is 1. The number of para-hydroxylation sites is 1. The number of rotatable bonds is 4. The molecule has 3 heterocycles. The lowest BCUT2D eigenvalue weighted by Gasteiger charge is -2.31. The zero-order valence-electron chi connectivity index (χ0n) is 21.9. The zero-order chi connectivity index (χ0) is 26.7. The fourth-order valence-electron chi connectivity index (χ4n) is 5.89. The quantitative estimate of drug-likeness (QED) is 0.349. The van der Waals surface area contributed by atoms with E-state index in [4.69, 9.17) is 14.5 Å². The molecule has 7 heteroatoms. The summed E-state index contributed by atoms with van der Waals surface area (Å²) in [6, 6.07) is 22.2. The van der Waals surface area contributed by atoms with Gasteiger partial charge in [-0.15, -0.1) is 0 Å². The lowest BCUT2D eigenvalue weighted by atomic mass is 9.83. The van der Waals surface area contributed by atoms with Crippen LogP contribution in [0.5, 0.6) is 11.5 Å². The van der Waals surface area contributed by atoms with E-state index in [0.29, 0.717) is 9.33 Å². The number of methoxy groups -OCH3 is 2. The summed E-state index contributed by atoms with van der Waals surface area (Å²) < 4.78 is 13.5. The molecule has 6 nitrogen and oxygen atoms in total. The summed E-state index contributed by atoms with van der Waals surface area (Å²) in [5.41, 5.74) is 8.64. The molecule has 0 fully saturated rings. The van der Waals surface area contributed by atoms with Gasteiger partial charge < -0.3 is 14.5 Å². The van der Waals surface area contributed by atoms with Crippen molar-refractivity contribution in [1.82, 2.24) is 9.55 Å². The van der Waals surface area contributed by atoms with Crippen molar-refractivity contribution in [2.75, 3.05) is 14.2 Å². The minimum Gasteiger partial charge on any atom is -0.497 e. The smallest absolute Gasteiger partial charge is 0.271 e. The van der Waals surface area contributed by atoms with E-state index in [-0.39, 0.29) is 11.6 Å². The normalized spacial score (nSPS) is 16.5. The van der Waals surface area contributed by atoms with Gasteiger partial charge in [-0.3, -0.25) is 9.36 Å². The van der Waals surface area contributed by atoms with Gasteiger partial charge in [-0.1, -0.05) is 41.7 Å². The predicted octanol–water partition coefficient (Wildman–Crippen LogP) is 5.13. The Labute approximate surface area is 229 Å². The molecule has 0 saturated carbocycles. The van der Waals surface area contributed by atoms with Crippen molar-refractivity contribution in [1.29, 1.82) is 0 Å². The Balaban J connectivity index is 1.48. The van der Waals surface area contributed by atoms with Crippen molar-refractivity contribution in [2.24, 2.45) is 4.99 Å². The van der Waals surface area contributed by atoms with Crippen LogP contribution in [0.15, 0.2) is 82.1 Å². The highest BCUT2D eigenvalue weighted by atomic mass is 32.1. The van der Waals surface area contributed by atoms with E-state index in [1.807, 2.05) is 47.9 Å². The number of fused-ring (bicyclic) bond motifs is 4. The van der Waals surface area contributed by atoms with Crippen molar-refractivity contribution < 1.29 is 9.47 Å². The highest BCUT2D eigenvalue weighted by Gasteiger charge is 2.33. The molecular formula is C32H27N3O3S. The molecule has 1 aliphatic heterocycles. The second-order valence-electron chi connectivity index (χ2n) is 9.96. The Kier molecular flexibility index (Phi) is 5.56. The topological polar surface area (TPSA) is 68.6 Å². The third kappa shape index (κ3) is 3.76. The van der Waals surface area contributed by atoms with Crippen LogP contribution in [-0.4, -0.2) is 23.8 Å². The van der Waals surface area contributed by atoms with E-state index < -0.39 is 0 Å². The average Bonchev–Trinajstić information content (AvgIpc) is 3.46. The minimum absolute atomic E-state index is 0.0173. The molecule has 2 aliphatic rings. The van der Waals surface area contributed by atoms with Gasteiger partial charge in [0.1, 0.15) is 11.5 Å². The zero-order valence-corrected chi connectivity index (χ0v) is 22.8. The summed E-state index contributed by atoms with van der Waals surface area (Å²) in [6.07, 6.45) is 3.71. The Morgan fingerprint density at radius 3 is 2.56 bits per heavy atom. The molecule has 39 heavy (non-hydrogen) atoms. The summed E-state index contributed by atoms with van der Waals surface area (Å²) in [6.45, 7) is 2.05. The highest BCUT2D eigenvalue weighted by molar-refractivity contribution is 7.07. The molecule has 7 rings (SSSR count). The molecule has 2 aromatic heterocycles. The van der Waals surface area contributed by atoms with E-state index in [1.165, 1.54) is 22.5 Å². The number of aryl methyl sites for hydroxylation is 2. The van der Waals surface area contributed by atoms with Gasteiger partial charge in [0.2, 0.25) is 0 Å². The van der Waals surface area contributed by atoms with Crippen LogP contribution < -0.4 is 24.4 Å². The molecule has 194 valence electrons. The Bertz CT molecular complexity index is 1980. The maximum Gasteiger partial charge on any atom is 0.271 e. The molecule has 1 atom stereocenters. The first-order valence-corrected chi connectivity index (χ1v) is 13.8. The molecule has 0 spiro atoms. The molecule has 1 N–H and O–H groups in total. The molecule has 5 aromatic rings. The summed E-state index contributed by atoms with van der Waals surface area (Å²) in [5.74, 6) is 1.63. The van der Waals surface area contributed by atoms with E-state index in [1.54, 1.807) is 14.2 Å². The lowest BCUT2D eigenvalue weighted by Crippen LogP contribution is -2.38. The molecule has 0 bridgehead atoms. The molecular weight excluding hydrogens is 506 g/mol. The number of hydrogen-bond acceptors (Lipinski definition) is 5. The van der Waals surface area contributed by atoms with E-state index in [2.05, 4.69) is 41.4 Å². The van der Waals surface area contributed by atoms with E-state index in [0.717, 1.165) is 63.3 Å². The van der Waals surface area contributed by atoms with Crippen LogP contribution in [-0.2, 0) is 6.42 Å². The van der Waals surface area contributed by atoms with Crippen LogP contribution >= 0.6 is 11.3 Å². The summed E-state index contributed by atoms with van der Waals surface area (Å²) in [5, 5.41) is 1.11. The van der Waals surface area contributed by atoms with Crippen molar-refractivity contribution in [3.63, 3.8) is 0 Å². The fourth-order valence-corrected chi connectivity index (χ4v) is 6.87. The predicted molar refractivity (Wildman–Crippen MR) is 155 cm³/mol. The SMILES string of the molecule is COc1ccc(C2C3=C(N=c4s/c(=C\c5c(C)[nH]c6ccccc56)c(=O)n42)c2ccc(OC)cc2CC3)cc1. The first kappa shape index (κ1) is 23.7. The largest absolute Gasteiger partial charge is 0.497 e. The van der Waals surface area contributed by atoms with Gasteiger partial charge in [-0.25, -0.2) is 4.99 Å². The molecule has 0 amide bonds. The van der Waals surface area contributed by atoms with Crippen molar-refractivity contribution >= 4 is 34.0 Å². The Hall–Kier alpha value is -4.36. The summed E-state index contributed by atoms with van der Waals surface area (Å²) in [7, 11) is 3.36. The van der Waals surface area contributed by atoms with Gasteiger partial charge in [0.25, 0.3) is 5.56 Å².